The maximum atomic E-state index is 13.0. The van der Waals surface area contributed by atoms with Gasteiger partial charge in [0, 0.05) is 12.1 Å². The molecular formula is C11H7F3N2O. The fourth-order valence-electron chi connectivity index (χ4n) is 1.46. The molecule has 0 saturated carbocycles. The zero-order valence-corrected chi connectivity index (χ0v) is 8.75. The van der Waals surface area contributed by atoms with Crippen molar-refractivity contribution in [2.24, 2.45) is 0 Å². The lowest BCUT2D eigenvalue weighted by atomic mass is 10.2. The van der Waals surface area contributed by atoms with Crippen molar-refractivity contribution in [2.75, 3.05) is 0 Å². The molecule has 17 heavy (non-hydrogen) atoms. The second kappa shape index (κ2) is 4.04. The molecule has 0 unspecified atom stereocenters. The first-order chi connectivity index (χ1) is 8.04. The van der Waals surface area contributed by atoms with Crippen LogP contribution >= 0.6 is 0 Å². The highest BCUT2D eigenvalue weighted by Gasteiger charge is 2.14. The van der Waals surface area contributed by atoms with E-state index in [0.717, 1.165) is 16.8 Å². The Hall–Kier alpha value is -2.11. The molecule has 0 N–H and O–H groups in total. The molecule has 2 rings (SSSR count). The Morgan fingerprint density at radius 1 is 1.24 bits per heavy atom. The summed E-state index contributed by atoms with van der Waals surface area (Å²) in [6.45, 7) is 1.57. The summed E-state index contributed by atoms with van der Waals surface area (Å²) in [7, 11) is 0. The van der Waals surface area contributed by atoms with Gasteiger partial charge in [0.25, 0.3) is 0 Å². The molecule has 0 aliphatic rings. The second-order valence-electron chi connectivity index (χ2n) is 3.44. The van der Waals surface area contributed by atoms with Gasteiger partial charge < -0.3 is 0 Å². The number of aldehydes is 1. The van der Waals surface area contributed by atoms with E-state index in [1.807, 2.05) is 0 Å². The van der Waals surface area contributed by atoms with Crippen molar-refractivity contribution >= 4 is 6.29 Å². The molecule has 88 valence electrons. The third-order valence-corrected chi connectivity index (χ3v) is 2.39. The van der Waals surface area contributed by atoms with Gasteiger partial charge in [0.2, 0.25) is 0 Å². The number of aromatic nitrogens is 2. The Balaban J connectivity index is 2.60. The number of hydrogen-bond acceptors (Lipinski definition) is 2. The molecule has 2 aromatic rings. The van der Waals surface area contributed by atoms with E-state index in [4.69, 9.17) is 0 Å². The van der Waals surface area contributed by atoms with Gasteiger partial charge in [-0.05, 0) is 6.92 Å². The molecule has 1 aromatic carbocycles. The number of nitrogens with zero attached hydrogens (tertiary/aromatic N) is 2. The fraction of sp³-hybridized carbons (Fsp3) is 0.0909. The molecule has 0 spiro atoms. The number of carbonyl (C=O) groups excluding carboxylic acids is 1. The summed E-state index contributed by atoms with van der Waals surface area (Å²) in [5, 5.41) is 3.80. The van der Waals surface area contributed by atoms with E-state index >= 15 is 0 Å². The minimum absolute atomic E-state index is 0.0204. The van der Waals surface area contributed by atoms with Gasteiger partial charge in [0.1, 0.15) is 0 Å². The van der Waals surface area contributed by atoms with Crippen LogP contribution in [0.25, 0.3) is 5.69 Å². The minimum Gasteiger partial charge on any atom is -0.298 e. The summed E-state index contributed by atoms with van der Waals surface area (Å²) in [6.07, 6.45) is 1.84. The van der Waals surface area contributed by atoms with Crippen molar-refractivity contribution in [3.05, 3.63) is 47.0 Å². The van der Waals surface area contributed by atoms with Crippen LogP contribution in [0, 0.1) is 24.4 Å². The van der Waals surface area contributed by atoms with E-state index in [2.05, 4.69) is 5.10 Å². The molecule has 0 atom stereocenters. The van der Waals surface area contributed by atoms with E-state index in [1.54, 1.807) is 6.92 Å². The molecule has 0 aliphatic carbocycles. The Morgan fingerprint density at radius 2 is 1.82 bits per heavy atom. The molecular weight excluding hydrogens is 233 g/mol. The molecule has 1 heterocycles. The topological polar surface area (TPSA) is 34.9 Å². The van der Waals surface area contributed by atoms with E-state index in [-0.39, 0.29) is 5.69 Å². The quantitative estimate of drug-likeness (QED) is 0.596. The van der Waals surface area contributed by atoms with Crippen LogP contribution in [0.1, 0.15) is 16.1 Å². The molecule has 0 amide bonds. The van der Waals surface area contributed by atoms with Crippen LogP contribution in [0.2, 0.25) is 0 Å². The summed E-state index contributed by atoms with van der Waals surface area (Å²) in [5.74, 6) is -4.14. The van der Waals surface area contributed by atoms with E-state index in [1.165, 1.54) is 6.20 Å². The van der Waals surface area contributed by atoms with Gasteiger partial charge in [-0.3, -0.25) is 4.79 Å². The first-order valence-corrected chi connectivity index (χ1v) is 4.69. The molecule has 1 aromatic heterocycles. The molecule has 0 bridgehead atoms. The first kappa shape index (κ1) is 11.4. The van der Waals surface area contributed by atoms with Crippen LogP contribution in [-0.2, 0) is 0 Å². The van der Waals surface area contributed by atoms with Crippen LogP contribution in [0.5, 0.6) is 0 Å². The summed E-state index contributed by atoms with van der Waals surface area (Å²) in [4.78, 5) is 10.6. The number of carbonyl (C=O) groups is 1. The normalized spacial score (nSPS) is 10.6. The standard InChI is InChI=1S/C11H7F3N2O/c1-6-7(5-17)4-15-16(6)8-2-9(12)11(14)10(13)3-8/h2-5H,1H3. The van der Waals surface area contributed by atoms with Crippen LogP contribution in [0.3, 0.4) is 0 Å². The first-order valence-electron chi connectivity index (χ1n) is 4.69. The lowest BCUT2D eigenvalue weighted by molar-refractivity contribution is 0.112. The summed E-state index contributed by atoms with van der Waals surface area (Å²) in [6, 6.07) is 1.62. The molecule has 0 fully saturated rings. The van der Waals surface area contributed by atoms with Crippen LogP contribution in [-0.4, -0.2) is 16.1 Å². The lowest BCUT2D eigenvalue weighted by Gasteiger charge is -2.05. The number of benzene rings is 1. The second-order valence-corrected chi connectivity index (χ2v) is 3.44. The SMILES string of the molecule is Cc1c(C=O)cnn1-c1cc(F)c(F)c(F)c1. The summed E-state index contributed by atoms with van der Waals surface area (Å²) >= 11 is 0. The van der Waals surface area contributed by atoms with Crippen LogP contribution < -0.4 is 0 Å². The Labute approximate surface area is 94.5 Å². The highest BCUT2D eigenvalue weighted by Crippen LogP contribution is 2.18. The predicted molar refractivity (Wildman–Crippen MR) is 53.6 cm³/mol. The largest absolute Gasteiger partial charge is 0.298 e. The van der Waals surface area contributed by atoms with Gasteiger partial charge in [-0.15, -0.1) is 0 Å². The molecule has 0 aliphatic heterocycles. The van der Waals surface area contributed by atoms with E-state index < -0.39 is 17.5 Å². The Morgan fingerprint density at radius 3 is 2.29 bits per heavy atom. The van der Waals surface area contributed by atoms with Gasteiger partial charge in [0.15, 0.2) is 23.7 Å². The Kier molecular flexibility index (Phi) is 2.71. The molecule has 6 heteroatoms. The number of rotatable bonds is 2. The van der Waals surface area contributed by atoms with Gasteiger partial charge in [-0.1, -0.05) is 0 Å². The van der Waals surface area contributed by atoms with Crippen molar-refractivity contribution in [3.63, 3.8) is 0 Å². The average Bonchev–Trinajstić information content (AvgIpc) is 2.66. The van der Waals surface area contributed by atoms with E-state index in [0.29, 0.717) is 17.5 Å². The lowest BCUT2D eigenvalue weighted by Crippen LogP contribution is -2.02. The average molecular weight is 240 g/mol. The van der Waals surface area contributed by atoms with Crippen molar-refractivity contribution in [1.82, 2.24) is 9.78 Å². The zero-order valence-electron chi connectivity index (χ0n) is 8.75. The predicted octanol–water partition coefficient (Wildman–Crippen LogP) is 2.41. The van der Waals surface area contributed by atoms with Gasteiger partial charge >= 0.3 is 0 Å². The summed E-state index contributed by atoms with van der Waals surface area (Å²) in [5.41, 5.74) is 0.743. The third-order valence-electron chi connectivity index (χ3n) is 2.39. The smallest absolute Gasteiger partial charge is 0.194 e. The maximum absolute atomic E-state index is 13.0. The fourth-order valence-corrected chi connectivity index (χ4v) is 1.46. The van der Waals surface area contributed by atoms with E-state index in [9.17, 15) is 18.0 Å². The number of hydrogen-bond donors (Lipinski definition) is 0. The maximum Gasteiger partial charge on any atom is 0.194 e. The highest BCUT2D eigenvalue weighted by molar-refractivity contribution is 5.76. The van der Waals surface area contributed by atoms with Crippen molar-refractivity contribution in [2.45, 2.75) is 6.92 Å². The van der Waals surface area contributed by atoms with Crippen LogP contribution in [0.15, 0.2) is 18.3 Å². The zero-order chi connectivity index (χ0) is 12.6. The van der Waals surface area contributed by atoms with Crippen molar-refractivity contribution in [3.8, 4) is 5.69 Å². The monoisotopic (exact) mass is 240 g/mol. The molecule has 0 radical (unpaired) electrons. The molecule has 0 saturated heterocycles. The number of halogens is 3. The van der Waals surface area contributed by atoms with Gasteiger partial charge in [-0.25, -0.2) is 17.9 Å². The van der Waals surface area contributed by atoms with Gasteiger partial charge in [-0.2, -0.15) is 5.10 Å². The minimum atomic E-state index is -1.53. The Bertz CT molecular complexity index is 569. The van der Waals surface area contributed by atoms with Gasteiger partial charge in [0.05, 0.1) is 23.1 Å². The van der Waals surface area contributed by atoms with Crippen molar-refractivity contribution in [1.29, 1.82) is 0 Å². The molecule has 3 nitrogen and oxygen atoms in total. The highest BCUT2D eigenvalue weighted by atomic mass is 19.2. The van der Waals surface area contributed by atoms with Crippen LogP contribution in [0.4, 0.5) is 13.2 Å². The summed E-state index contributed by atoms with van der Waals surface area (Å²) < 4.78 is 40.0. The van der Waals surface area contributed by atoms with Crippen molar-refractivity contribution < 1.29 is 18.0 Å². The third kappa shape index (κ3) is 1.82.